The van der Waals surface area contributed by atoms with Gasteiger partial charge in [0.2, 0.25) is 0 Å². The van der Waals surface area contributed by atoms with Crippen molar-refractivity contribution in [2.24, 2.45) is 22.7 Å². The number of carbonyl (C=O) groups is 2. The summed E-state index contributed by atoms with van der Waals surface area (Å²) in [5, 5.41) is 24.1. The molecule has 9 heteroatoms. The fourth-order valence-electron chi connectivity index (χ4n) is 9.49. The molecule has 188 valence electrons. The molecule has 2 N–H and O–H groups in total. The number of hydrogen-bond acceptors (Lipinski definition) is 9. The van der Waals surface area contributed by atoms with Crippen molar-refractivity contribution in [2.45, 2.75) is 93.8 Å². The molecule has 4 saturated carbocycles. The number of ether oxygens (including phenoxy) is 3. The molecule has 1 aromatic rings. The number of carbonyl (C=O) groups excluding carboxylic acids is 2. The van der Waals surface area contributed by atoms with Gasteiger partial charge in [-0.05, 0) is 50.2 Å². The van der Waals surface area contributed by atoms with Gasteiger partial charge < -0.3 is 33.6 Å². The summed E-state index contributed by atoms with van der Waals surface area (Å²) in [6.07, 6.45) is 2.83. The molecule has 4 aliphatic carbocycles. The molecule has 7 aliphatic rings. The summed E-state index contributed by atoms with van der Waals surface area (Å²) in [5.74, 6) is -3.50. The molecule has 4 bridgehead atoms. The Morgan fingerprint density at radius 3 is 2.60 bits per heavy atom. The van der Waals surface area contributed by atoms with Gasteiger partial charge in [-0.2, -0.15) is 0 Å². The molecule has 3 aliphatic heterocycles. The van der Waals surface area contributed by atoms with Crippen molar-refractivity contribution in [1.82, 2.24) is 0 Å². The summed E-state index contributed by atoms with van der Waals surface area (Å²) in [4.78, 5) is 38.7. The lowest BCUT2D eigenvalue weighted by Crippen LogP contribution is -2.83. The van der Waals surface area contributed by atoms with Crippen molar-refractivity contribution in [3.8, 4) is 0 Å². The normalized spacial score (nSPS) is 55.8. The summed E-state index contributed by atoms with van der Waals surface area (Å²) in [7, 11) is 0. The van der Waals surface area contributed by atoms with Crippen LogP contribution in [0.25, 0.3) is 0 Å². The Balaban J connectivity index is 1.37. The first-order valence-electron chi connectivity index (χ1n) is 12.6. The minimum absolute atomic E-state index is 0.120. The quantitative estimate of drug-likeness (QED) is 0.596. The van der Waals surface area contributed by atoms with E-state index < -0.39 is 69.4 Å². The number of aliphatic hydroxyl groups excluding tert-OH is 1. The Hall–Kier alpha value is -1.91. The second-order valence-electron chi connectivity index (χ2n) is 11.9. The zero-order valence-corrected chi connectivity index (χ0v) is 19.8. The minimum Gasteiger partial charge on any atom is -0.431 e. The van der Waals surface area contributed by atoms with E-state index in [9.17, 15) is 24.6 Å². The van der Waals surface area contributed by atoms with Crippen LogP contribution in [0.15, 0.2) is 27.6 Å². The topological polar surface area (TPSA) is 132 Å². The molecule has 8 rings (SSSR count). The first kappa shape index (κ1) is 22.3. The molecule has 0 amide bonds. The SMILES string of the molecule is CC12O[C@H]3C[C@@H](O1)[C@]1(C=O)[C@H]4[C@H](O)C(=O)[C@]5(C)[C@@H](c6ccc(=O)oc6)CC[C@]5(O)[C@@H]4CC[C@@]1(C3)O2. The Kier molecular flexibility index (Phi) is 4.14. The average Bonchev–Trinajstić information content (AvgIpc) is 3.09. The van der Waals surface area contributed by atoms with Crippen LogP contribution in [0.1, 0.15) is 63.9 Å². The standard InChI is InChI=1S/C26H30O9/c1-22-15(13-3-4-18(28)32-11-13)6-8-26(22,31)16-5-7-24-10-14-9-17(34-23(2,33-14)35-24)25(24,12-27)19(16)20(29)21(22)30/h3-4,11-12,14-17,19-20,29,31H,5-10H2,1-2H3/t14-,15+,16+,17+,19+,20-,22-,23?,24-,25+,26-/m0/s1. The van der Waals surface area contributed by atoms with Crippen LogP contribution in [0, 0.1) is 22.7 Å². The second kappa shape index (κ2) is 6.50. The average molecular weight is 487 g/mol. The van der Waals surface area contributed by atoms with E-state index in [0.717, 1.165) is 6.29 Å². The Morgan fingerprint density at radius 2 is 1.91 bits per heavy atom. The van der Waals surface area contributed by atoms with Crippen LogP contribution in [0.3, 0.4) is 0 Å². The fraction of sp³-hybridized carbons (Fsp3) is 0.731. The first-order chi connectivity index (χ1) is 16.5. The molecule has 35 heavy (non-hydrogen) atoms. The van der Waals surface area contributed by atoms with Gasteiger partial charge in [-0.3, -0.25) is 4.79 Å². The molecule has 4 heterocycles. The van der Waals surface area contributed by atoms with Crippen LogP contribution >= 0.6 is 0 Å². The zero-order valence-electron chi connectivity index (χ0n) is 19.8. The van der Waals surface area contributed by atoms with Gasteiger partial charge in [0.25, 0.3) is 5.97 Å². The monoisotopic (exact) mass is 486 g/mol. The second-order valence-corrected chi connectivity index (χ2v) is 11.9. The number of Topliss-reactive ketones (excluding diaryl/α,β-unsaturated/α-hetero) is 1. The highest BCUT2D eigenvalue weighted by Crippen LogP contribution is 2.73. The van der Waals surface area contributed by atoms with E-state index in [-0.39, 0.29) is 6.10 Å². The van der Waals surface area contributed by atoms with E-state index >= 15 is 0 Å². The lowest BCUT2D eigenvalue weighted by molar-refractivity contribution is -0.542. The van der Waals surface area contributed by atoms with Crippen molar-refractivity contribution >= 4 is 12.1 Å². The van der Waals surface area contributed by atoms with Crippen molar-refractivity contribution in [1.29, 1.82) is 0 Å². The molecule has 7 fully saturated rings. The third-order valence-electron chi connectivity index (χ3n) is 10.8. The zero-order chi connectivity index (χ0) is 24.6. The third-order valence-corrected chi connectivity index (χ3v) is 10.8. The summed E-state index contributed by atoms with van der Waals surface area (Å²) in [6.45, 7) is 3.43. The van der Waals surface area contributed by atoms with Gasteiger partial charge in [0, 0.05) is 37.7 Å². The van der Waals surface area contributed by atoms with Gasteiger partial charge in [-0.15, -0.1) is 0 Å². The number of hydrogen-bond donors (Lipinski definition) is 2. The van der Waals surface area contributed by atoms with Crippen molar-refractivity contribution in [3.05, 3.63) is 34.4 Å². The van der Waals surface area contributed by atoms with E-state index in [2.05, 4.69) is 0 Å². The van der Waals surface area contributed by atoms with E-state index in [1.165, 1.54) is 12.3 Å². The Morgan fingerprint density at radius 1 is 1.11 bits per heavy atom. The third kappa shape index (κ3) is 2.31. The van der Waals surface area contributed by atoms with Crippen LogP contribution in [0.4, 0.5) is 0 Å². The van der Waals surface area contributed by atoms with Crippen LogP contribution in [-0.4, -0.2) is 57.8 Å². The number of fused-ring (bicyclic) bond motifs is 3. The molecule has 11 atom stereocenters. The largest absolute Gasteiger partial charge is 0.431 e. The highest BCUT2D eigenvalue weighted by atomic mass is 16.9. The maximum atomic E-state index is 14.1. The minimum atomic E-state index is -1.47. The van der Waals surface area contributed by atoms with E-state index in [1.54, 1.807) is 19.9 Å². The molecule has 3 saturated heterocycles. The molecule has 1 spiro atoms. The lowest BCUT2D eigenvalue weighted by Gasteiger charge is -2.73. The Bertz CT molecular complexity index is 1180. The fourth-order valence-corrected chi connectivity index (χ4v) is 9.49. The van der Waals surface area contributed by atoms with Gasteiger partial charge >= 0.3 is 5.63 Å². The van der Waals surface area contributed by atoms with Crippen LogP contribution in [0.2, 0.25) is 0 Å². The predicted octanol–water partition coefficient (Wildman–Crippen LogP) is 1.43. The summed E-state index contributed by atoms with van der Waals surface area (Å²) >= 11 is 0. The van der Waals surface area contributed by atoms with Gasteiger partial charge in [-0.1, -0.05) is 0 Å². The number of aliphatic hydroxyl groups is 2. The van der Waals surface area contributed by atoms with E-state index in [0.29, 0.717) is 44.1 Å². The maximum Gasteiger partial charge on any atom is 0.335 e. The molecule has 9 nitrogen and oxygen atoms in total. The van der Waals surface area contributed by atoms with Crippen molar-refractivity contribution in [2.75, 3.05) is 0 Å². The van der Waals surface area contributed by atoms with E-state index in [4.69, 9.17) is 18.6 Å². The highest BCUT2D eigenvalue weighted by molar-refractivity contribution is 5.93. The molecular weight excluding hydrogens is 456 g/mol. The number of ketones is 1. The number of rotatable bonds is 2. The van der Waals surface area contributed by atoms with Crippen LogP contribution in [0.5, 0.6) is 0 Å². The highest BCUT2D eigenvalue weighted by Gasteiger charge is 2.82. The van der Waals surface area contributed by atoms with Gasteiger partial charge in [0.15, 0.2) is 5.78 Å². The number of aldehydes is 1. The smallest absolute Gasteiger partial charge is 0.335 e. The first-order valence-corrected chi connectivity index (χ1v) is 12.6. The van der Waals surface area contributed by atoms with Gasteiger partial charge in [-0.25, -0.2) is 4.79 Å². The summed E-state index contributed by atoms with van der Waals surface area (Å²) in [5.41, 5.74) is -4.77. The van der Waals surface area contributed by atoms with Crippen molar-refractivity contribution < 1.29 is 38.4 Å². The molecule has 1 aromatic heterocycles. The van der Waals surface area contributed by atoms with Crippen LogP contribution < -0.4 is 5.63 Å². The van der Waals surface area contributed by atoms with Crippen molar-refractivity contribution in [3.63, 3.8) is 0 Å². The van der Waals surface area contributed by atoms with E-state index in [1.807, 2.05) is 0 Å². The van der Waals surface area contributed by atoms with Gasteiger partial charge in [0.1, 0.15) is 12.4 Å². The molecule has 1 unspecified atom stereocenters. The summed E-state index contributed by atoms with van der Waals surface area (Å²) < 4.78 is 23.5. The van der Waals surface area contributed by atoms with Gasteiger partial charge in [0.05, 0.1) is 40.5 Å². The summed E-state index contributed by atoms with van der Waals surface area (Å²) in [6, 6.07) is 2.93. The van der Waals surface area contributed by atoms with Crippen LogP contribution in [-0.2, 0) is 23.8 Å². The predicted molar refractivity (Wildman–Crippen MR) is 117 cm³/mol. The lowest BCUT2D eigenvalue weighted by atomic mass is 9.39. The molecule has 0 aromatic carbocycles. The maximum absolute atomic E-state index is 14.1. The Labute approximate surface area is 201 Å². The molecule has 0 radical (unpaired) electrons. The molecular formula is C26H30O9.